The number of carbonyl (C=O) groups excluding carboxylic acids is 1. The number of nitrogens with one attached hydrogen (secondary N) is 1. The average molecular weight is 154 g/mol. The number of rotatable bonds is 0. The third kappa shape index (κ3) is 0.593. The van der Waals surface area contributed by atoms with Crippen LogP contribution in [-0.2, 0) is 6.42 Å². The molecule has 1 aromatic rings. The fourth-order valence-corrected chi connectivity index (χ4v) is 1.49. The molecule has 0 aromatic carbocycles. The maximum atomic E-state index is 11.0. The van der Waals surface area contributed by atoms with Gasteiger partial charge in [0.25, 0.3) is 0 Å². The van der Waals surface area contributed by atoms with Gasteiger partial charge >= 0.3 is 0 Å². The molecule has 1 aromatic heterocycles. The van der Waals surface area contributed by atoms with Gasteiger partial charge in [-0.25, -0.2) is 0 Å². The molecule has 0 saturated carbocycles. The SMILES string of the molecule is O=C1CCc2c[nH]c(=S)n21. The highest BCUT2D eigenvalue weighted by molar-refractivity contribution is 7.71. The van der Waals surface area contributed by atoms with Gasteiger partial charge in [-0.3, -0.25) is 9.36 Å². The second kappa shape index (κ2) is 1.79. The van der Waals surface area contributed by atoms with Crippen molar-refractivity contribution in [2.45, 2.75) is 12.8 Å². The lowest BCUT2D eigenvalue weighted by Gasteiger charge is -1.88. The van der Waals surface area contributed by atoms with Crippen molar-refractivity contribution in [2.75, 3.05) is 0 Å². The summed E-state index contributed by atoms with van der Waals surface area (Å²) < 4.78 is 2.09. The summed E-state index contributed by atoms with van der Waals surface area (Å²) in [5.74, 6) is 0.112. The van der Waals surface area contributed by atoms with E-state index in [1.54, 1.807) is 10.8 Å². The highest BCUT2D eigenvalue weighted by Crippen LogP contribution is 2.13. The van der Waals surface area contributed by atoms with Crippen molar-refractivity contribution in [1.29, 1.82) is 0 Å². The zero-order valence-corrected chi connectivity index (χ0v) is 6.07. The molecule has 0 unspecified atom stereocenters. The lowest BCUT2D eigenvalue weighted by molar-refractivity contribution is 0.0922. The molecule has 2 heterocycles. The third-order valence-corrected chi connectivity index (χ3v) is 2.00. The molecule has 1 aliphatic heterocycles. The Morgan fingerprint density at radius 1 is 1.60 bits per heavy atom. The van der Waals surface area contributed by atoms with E-state index in [0.717, 1.165) is 12.1 Å². The molecule has 0 aliphatic carbocycles. The van der Waals surface area contributed by atoms with E-state index in [2.05, 4.69) is 4.98 Å². The number of hydrogen-bond donors (Lipinski definition) is 1. The number of aromatic amines is 1. The monoisotopic (exact) mass is 154 g/mol. The van der Waals surface area contributed by atoms with Crippen LogP contribution in [0, 0.1) is 4.77 Å². The molecule has 0 spiro atoms. The zero-order valence-electron chi connectivity index (χ0n) is 5.26. The summed E-state index contributed by atoms with van der Waals surface area (Å²) >= 11 is 4.88. The predicted octanol–water partition coefficient (Wildman–Crippen LogP) is 1.13. The van der Waals surface area contributed by atoms with Crippen LogP contribution in [0.25, 0.3) is 0 Å². The van der Waals surface area contributed by atoms with E-state index in [0.29, 0.717) is 11.2 Å². The number of aryl methyl sites for hydroxylation is 1. The lowest BCUT2D eigenvalue weighted by Crippen LogP contribution is -2.03. The minimum absolute atomic E-state index is 0.112. The van der Waals surface area contributed by atoms with Crippen LogP contribution in [0.3, 0.4) is 0 Å². The Hall–Kier alpha value is -0.900. The number of nitrogens with zero attached hydrogens (tertiary/aromatic N) is 1. The van der Waals surface area contributed by atoms with E-state index in [9.17, 15) is 4.79 Å². The van der Waals surface area contributed by atoms with Crippen molar-refractivity contribution in [3.05, 3.63) is 16.7 Å². The van der Waals surface area contributed by atoms with E-state index in [4.69, 9.17) is 12.2 Å². The molecule has 1 N–H and O–H groups in total. The Morgan fingerprint density at radius 2 is 2.40 bits per heavy atom. The Morgan fingerprint density at radius 3 is 3.10 bits per heavy atom. The molecular formula is C6H6N2OS. The normalized spacial score (nSPS) is 15.8. The Balaban J connectivity index is 2.77. The van der Waals surface area contributed by atoms with Gasteiger partial charge in [0.05, 0.1) is 0 Å². The summed E-state index contributed by atoms with van der Waals surface area (Å²) in [7, 11) is 0. The molecule has 0 fully saturated rings. The average Bonchev–Trinajstić information content (AvgIpc) is 2.40. The van der Waals surface area contributed by atoms with Crippen LogP contribution in [0.2, 0.25) is 0 Å². The van der Waals surface area contributed by atoms with Crippen LogP contribution in [0.1, 0.15) is 16.9 Å². The van der Waals surface area contributed by atoms with Crippen molar-refractivity contribution in [3.8, 4) is 0 Å². The Labute approximate surface area is 62.7 Å². The maximum absolute atomic E-state index is 11.0. The van der Waals surface area contributed by atoms with Gasteiger partial charge < -0.3 is 4.98 Å². The molecule has 2 rings (SSSR count). The first-order valence-corrected chi connectivity index (χ1v) is 3.52. The van der Waals surface area contributed by atoms with Crippen LogP contribution in [0.15, 0.2) is 6.20 Å². The lowest BCUT2D eigenvalue weighted by atomic mass is 10.3. The predicted molar refractivity (Wildman–Crippen MR) is 38.6 cm³/mol. The smallest absolute Gasteiger partial charge is 0.233 e. The van der Waals surface area contributed by atoms with E-state index in [1.807, 2.05) is 0 Å². The third-order valence-electron chi connectivity index (χ3n) is 1.70. The van der Waals surface area contributed by atoms with Gasteiger partial charge in [-0.05, 0) is 18.6 Å². The Kier molecular flexibility index (Phi) is 1.05. The summed E-state index contributed by atoms with van der Waals surface area (Å²) in [6, 6.07) is 0. The number of carbonyl (C=O) groups is 1. The molecule has 0 radical (unpaired) electrons. The van der Waals surface area contributed by atoms with Crippen LogP contribution in [-0.4, -0.2) is 15.5 Å². The fraction of sp³-hybridized carbons (Fsp3) is 0.333. The van der Waals surface area contributed by atoms with Gasteiger partial charge in [0.1, 0.15) is 0 Å². The van der Waals surface area contributed by atoms with Gasteiger partial charge in [-0.2, -0.15) is 0 Å². The van der Waals surface area contributed by atoms with Crippen molar-refractivity contribution in [3.63, 3.8) is 0 Å². The molecule has 0 atom stereocenters. The van der Waals surface area contributed by atoms with Crippen molar-refractivity contribution < 1.29 is 4.79 Å². The molecule has 3 nitrogen and oxygen atoms in total. The minimum atomic E-state index is 0.112. The van der Waals surface area contributed by atoms with Crippen LogP contribution < -0.4 is 0 Å². The van der Waals surface area contributed by atoms with Gasteiger partial charge in [-0.15, -0.1) is 0 Å². The van der Waals surface area contributed by atoms with Crippen LogP contribution in [0.4, 0.5) is 0 Å². The number of fused-ring (bicyclic) bond motifs is 1. The summed E-state index contributed by atoms with van der Waals surface area (Å²) in [6.45, 7) is 0. The molecule has 0 saturated heterocycles. The summed E-state index contributed by atoms with van der Waals surface area (Å²) in [5, 5.41) is 0. The minimum Gasteiger partial charge on any atom is -0.337 e. The molecular weight excluding hydrogens is 148 g/mol. The second-order valence-electron chi connectivity index (χ2n) is 2.31. The molecule has 0 amide bonds. The van der Waals surface area contributed by atoms with Crippen molar-refractivity contribution in [2.24, 2.45) is 0 Å². The first kappa shape index (κ1) is 5.85. The molecule has 52 valence electrons. The standard InChI is InChI=1S/C6H6N2OS/c9-5-2-1-4-3-7-6(10)8(4)5/h3H,1-2H2,(H,7,10). The summed E-state index contributed by atoms with van der Waals surface area (Å²) in [4.78, 5) is 13.9. The highest BCUT2D eigenvalue weighted by atomic mass is 32.1. The first-order valence-electron chi connectivity index (χ1n) is 3.11. The van der Waals surface area contributed by atoms with E-state index in [1.165, 1.54) is 0 Å². The van der Waals surface area contributed by atoms with Crippen LogP contribution >= 0.6 is 12.2 Å². The van der Waals surface area contributed by atoms with Crippen molar-refractivity contribution in [1.82, 2.24) is 9.55 Å². The molecule has 4 heteroatoms. The van der Waals surface area contributed by atoms with Gasteiger partial charge in [0.15, 0.2) is 4.77 Å². The van der Waals surface area contributed by atoms with Crippen LogP contribution in [0.5, 0.6) is 0 Å². The maximum Gasteiger partial charge on any atom is 0.233 e. The molecule has 10 heavy (non-hydrogen) atoms. The van der Waals surface area contributed by atoms with Gasteiger partial charge in [-0.1, -0.05) is 0 Å². The Bertz CT molecular complexity index is 336. The number of hydrogen-bond acceptors (Lipinski definition) is 2. The number of H-pyrrole nitrogens is 1. The van der Waals surface area contributed by atoms with E-state index >= 15 is 0 Å². The number of imidazole rings is 1. The van der Waals surface area contributed by atoms with E-state index in [-0.39, 0.29) is 5.91 Å². The van der Waals surface area contributed by atoms with Gasteiger partial charge in [0, 0.05) is 18.3 Å². The molecule has 1 aliphatic rings. The zero-order chi connectivity index (χ0) is 7.14. The summed E-state index contributed by atoms with van der Waals surface area (Å²) in [6.07, 6.45) is 3.23. The van der Waals surface area contributed by atoms with Crippen molar-refractivity contribution >= 4 is 18.1 Å². The summed E-state index contributed by atoms with van der Waals surface area (Å²) in [5.41, 5.74) is 1.01. The number of aromatic nitrogens is 2. The fourth-order valence-electron chi connectivity index (χ4n) is 1.21. The highest BCUT2D eigenvalue weighted by Gasteiger charge is 2.18. The van der Waals surface area contributed by atoms with E-state index < -0.39 is 0 Å². The largest absolute Gasteiger partial charge is 0.337 e. The topological polar surface area (TPSA) is 37.8 Å². The first-order chi connectivity index (χ1) is 4.79. The van der Waals surface area contributed by atoms with Gasteiger partial charge in [0.2, 0.25) is 5.91 Å². The quantitative estimate of drug-likeness (QED) is 0.569. The molecule has 0 bridgehead atoms. The second-order valence-corrected chi connectivity index (χ2v) is 2.70.